The molecular weight excluding hydrogens is 362 g/mol. The Morgan fingerprint density at radius 3 is 2.48 bits per heavy atom. The highest BCUT2D eigenvalue weighted by Gasteiger charge is 2.33. The largest absolute Gasteiger partial charge is 0.491 e. The standard InChI is InChI=1S/C22H24ClNO3/c23-18-9-5-16(6-10-18)21(15-3-4-15)24-22(25)17-7-11-19(12-8-17)27-14-20-2-1-13-26-20/h5-12,15,20-21H,1-4,13-14H2,(H,24,25)/t20-,21+/m0/s1. The highest BCUT2D eigenvalue weighted by Crippen LogP contribution is 2.41. The maximum Gasteiger partial charge on any atom is 0.251 e. The molecule has 4 rings (SSSR count). The average Bonchev–Trinajstić information content (AvgIpc) is 3.40. The zero-order valence-electron chi connectivity index (χ0n) is 15.2. The number of hydrogen-bond donors (Lipinski definition) is 1. The van der Waals surface area contributed by atoms with E-state index in [1.54, 1.807) is 0 Å². The van der Waals surface area contributed by atoms with E-state index >= 15 is 0 Å². The molecule has 4 nitrogen and oxygen atoms in total. The van der Waals surface area contributed by atoms with Gasteiger partial charge >= 0.3 is 0 Å². The summed E-state index contributed by atoms with van der Waals surface area (Å²) in [4.78, 5) is 12.7. The van der Waals surface area contributed by atoms with E-state index in [9.17, 15) is 4.79 Å². The minimum atomic E-state index is -0.0625. The molecule has 1 aliphatic carbocycles. The summed E-state index contributed by atoms with van der Waals surface area (Å²) in [5.74, 6) is 1.20. The topological polar surface area (TPSA) is 47.6 Å². The van der Waals surface area contributed by atoms with Gasteiger partial charge in [0.05, 0.1) is 12.1 Å². The van der Waals surface area contributed by atoms with Crippen molar-refractivity contribution in [2.24, 2.45) is 5.92 Å². The summed E-state index contributed by atoms with van der Waals surface area (Å²) in [6, 6.07) is 15.1. The van der Waals surface area contributed by atoms with Crippen LogP contribution in [0.15, 0.2) is 48.5 Å². The summed E-state index contributed by atoms with van der Waals surface area (Å²) in [5, 5.41) is 3.89. The first-order valence-corrected chi connectivity index (χ1v) is 9.97. The van der Waals surface area contributed by atoms with Gasteiger partial charge < -0.3 is 14.8 Å². The molecule has 5 heteroatoms. The number of carbonyl (C=O) groups is 1. The van der Waals surface area contributed by atoms with E-state index in [0.717, 1.165) is 43.6 Å². The van der Waals surface area contributed by atoms with Crippen LogP contribution in [0.1, 0.15) is 47.6 Å². The van der Waals surface area contributed by atoms with Gasteiger partial charge in [-0.2, -0.15) is 0 Å². The molecule has 1 amide bonds. The zero-order valence-corrected chi connectivity index (χ0v) is 16.0. The maximum absolute atomic E-state index is 12.7. The lowest BCUT2D eigenvalue weighted by Gasteiger charge is -2.19. The average molecular weight is 386 g/mol. The lowest BCUT2D eigenvalue weighted by Crippen LogP contribution is -2.29. The van der Waals surface area contributed by atoms with Crippen LogP contribution in [0.5, 0.6) is 5.75 Å². The first-order chi connectivity index (χ1) is 13.2. The van der Waals surface area contributed by atoms with Crippen molar-refractivity contribution in [2.75, 3.05) is 13.2 Å². The number of amides is 1. The number of halogens is 1. The van der Waals surface area contributed by atoms with Gasteiger partial charge in [-0.05, 0) is 73.6 Å². The molecule has 0 aromatic heterocycles. The van der Waals surface area contributed by atoms with E-state index < -0.39 is 0 Å². The number of ether oxygens (including phenoxy) is 2. The van der Waals surface area contributed by atoms with E-state index in [1.165, 1.54) is 0 Å². The molecule has 1 aliphatic heterocycles. The Kier molecular flexibility index (Phi) is 5.65. The van der Waals surface area contributed by atoms with Gasteiger partial charge in [-0.3, -0.25) is 4.79 Å². The Morgan fingerprint density at radius 2 is 1.85 bits per heavy atom. The summed E-state index contributed by atoms with van der Waals surface area (Å²) < 4.78 is 11.3. The molecule has 0 unspecified atom stereocenters. The molecule has 0 spiro atoms. The Balaban J connectivity index is 1.37. The number of rotatable bonds is 7. The van der Waals surface area contributed by atoms with Gasteiger partial charge in [-0.1, -0.05) is 23.7 Å². The van der Waals surface area contributed by atoms with Crippen LogP contribution in [0.3, 0.4) is 0 Å². The third-order valence-corrected chi connectivity index (χ3v) is 5.44. The number of benzene rings is 2. The van der Waals surface area contributed by atoms with E-state index in [4.69, 9.17) is 21.1 Å². The molecule has 1 heterocycles. The molecule has 2 aromatic rings. The lowest BCUT2D eigenvalue weighted by molar-refractivity contribution is 0.0679. The highest BCUT2D eigenvalue weighted by atomic mass is 35.5. The first kappa shape index (κ1) is 18.3. The minimum Gasteiger partial charge on any atom is -0.491 e. The van der Waals surface area contributed by atoms with E-state index in [0.29, 0.717) is 23.1 Å². The second-order valence-corrected chi connectivity index (χ2v) is 7.75. The van der Waals surface area contributed by atoms with Crippen molar-refractivity contribution in [2.45, 2.75) is 37.8 Å². The first-order valence-electron chi connectivity index (χ1n) is 9.60. The van der Waals surface area contributed by atoms with Crippen LogP contribution in [0.4, 0.5) is 0 Å². The summed E-state index contributed by atoms with van der Waals surface area (Å²) >= 11 is 5.99. The normalized spacial score (nSPS) is 20.3. The van der Waals surface area contributed by atoms with Crippen molar-refractivity contribution in [3.63, 3.8) is 0 Å². The monoisotopic (exact) mass is 385 g/mol. The molecule has 0 radical (unpaired) electrons. The van der Waals surface area contributed by atoms with Crippen molar-refractivity contribution in [3.05, 3.63) is 64.7 Å². The Morgan fingerprint density at radius 1 is 1.11 bits per heavy atom. The van der Waals surface area contributed by atoms with E-state index in [1.807, 2.05) is 48.5 Å². The van der Waals surface area contributed by atoms with Crippen molar-refractivity contribution in [1.82, 2.24) is 5.32 Å². The molecule has 1 N–H and O–H groups in total. The van der Waals surface area contributed by atoms with Crippen LogP contribution in [0, 0.1) is 5.92 Å². The SMILES string of the molecule is O=C(N[C@@H](c1ccc(Cl)cc1)C1CC1)c1ccc(OC[C@@H]2CCCO2)cc1. The van der Waals surface area contributed by atoms with Gasteiger partial charge in [0.1, 0.15) is 12.4 Å². The second-order valence-electron chi connectivity index (χ2n) is 7.31. The van der Waals surface area contributed by atoms with E-state index in [2.05, 4.69) is 5.32 Å². The van der Waals surface area contributed by atoms with Crippen LogP contribution in [-0.2, 0) is 4.74 Å². The van der Waals surface area contributed by atoms with Gasteiger partial charge in [-0.25, -0.2) is 0 Å². The van der Waals surface area contributed by atoms with Crippen LogP contribution in [0.2, 0.25) is 5.02 Å². The minimum absolute atomic E-state index is 0.0326. The van der Waals surface area contributed by atoms with Gasteiger partial charge in [0.15, 0.2) is 0 Å². The number of carbonyl (C=O) groups excluding carboxylic acids is 1. The second kappa shape index (κ2) is 8.32. The number of nitrogens with one attached hydrogen (secondary N) is 1. The summed E-state index contributed by atoms with van der Waals surface area (Å²) in [7, 11) is 0. The molecule has 1 saturated heterocycles. The van der Waals surface area contributed by atoms with Crippen LogP contribution >= 0.6 is 11.6 Å². The van der Waals surface area contributed by atoms with Crippen LogP contribution in [-0.4, -0.2) is 25.2 Å². The maximum atomic E-state index is 12.7. The third-order valence-electron chi connectivity index (χ3n) is 5.19. The predicted octanol–water partition coefficient (Wildman–Crippen LogP) is 4.78. The van der Waals surface area contributed by atoms with Crippen molar-refractivity contribution in [1.29, 1.82) is 0 Å². The Hall–Kier alpha value is -2.04. The molecule has 0 bridgehead atoms. The number of hydrogen-bond acceptors (Lipinski definition) is 3. The van der Waals surface area contributed by atoms with Gasteiger partial charge in [0.25, 0.3) is 5.91 Å². The molecule has 27 heavy (non-hydrogen) atoms. The highest BCUT2D eigenvalue weighted by molar-refractivity contribution is 6.30. The molecule has 2 atom stereocenters. The fourth-order valence-electron chi connectivity index (χ4n) is 3.47. The molecule has 2 aromatic carbocycles. The van der Waals surface area contributed by atoms with Crippen LogP contribution in [0.25, 0.3) is 0 Å². The Bertz CT molecular complexity index is 765. The van der Waals surface area contributed by atoms with Crippen molar-refractivity contribution >= 4 is 17.5 Å². The van der Waals surface area contributed by atoms with Crippen LogP contribution < -0.4 is 10.1 Å². The molecule has 2 fully saturated rings. The predicted molar refractivity (Wildman–Crippen MR) is 105 cm³/mol. The smallest absolute Gasteiger partial charge is 0.251 e. The lowest BCUT2D eigenvalue weighted by atomic mass is 10.0. The quantitative estimate of drug-likeness (QED) is 0.746. The summed E-state index contributed by atoms with van der Waals surface area (Å²) in [6.45, 7) is 1.38. The molecule has 1 saturated carbocycles. The fraction of sp³-hybridized carbons (Fsp3) is 0.409. The zero-order chi connectivity index (χ0) is 18.6. The third kappa shape index (κ3) is 4.82. The van der Waals surface area contributed by atoms with Crippen molar-refractivity contribution < 1.29 is 14.3 Å². The van der Waals surface area contributed by atoms with Gasteiger partial charge in [0.2, 0.25) is 0 Å². The van der Waals surface area contributed by atoms with E-state index in [-0.39, 0.29) is 18.1 Å². The summed E-state index contributed by atoms with van der Waals surface area (Å²) in [6.07, 6.45) is 4.62. The molecular formula is C22H24ClNO3. The Labute approximate surface area is 164 Å². The molecule has 2 aliphatic rings. The molecule has 142 valence electrons. The van der Waals surface area contributed by atoms with Gasteiger partial charge in [0, 0.05) is 17.2 Å². The van der Waals surface area contributed by atoms with Gasteiger partial charge in [-0.15, -0.1) is 0 Å². The van der Waals surface area contributed by atoms with Crippen molar-refractivity contribution in [3.8, 4) is 5.75 Å². The fourth-order valence-corrected chi connectivity index (χ4v) is 3.59. The summed E-state index contributed by atoms with van der Waals surface area (Å²) in [5.41, 5.74) is 1.74.